The van der Waals surface area contributed by atoms with E-state index in [1.165, 1.54) is 38.5 Å². The van der Waals surface area contributed by atoms with Crippen molar-refractivity contribution in [3.05, 3.63) is 0 Å². The molecule has 1 saturated heterocycles. The molecule has 1 N–H and O–H groups in total. The van der Waals surface area contributed by atoms with E-state index in [-0.39, 0.29) is 4.93 Å². The van der Waals surface area contributed by atoms with E-state index >= 15 is 0 Å². The van der Waals surface area contributed by atoms with Crippen molar-refractivity contribution in [3.63, 3.8) is 0 Å². The molecule has 4 atom stereocenters. The van der Waals surface area contributed by atoms with Gasteiger partial charge in [-0.3, -0.25) is 0 Å². The SMILES string of the molecule is OC12CCCC1SC1CCCCC1S2. The van der Waals surface area contributed by atoms with Gasteiger partial charge in [0, 0.05) is 15.7 Å². The zero-order chi connectivity index (χ0) is 9.60. The van der Waals surface area contributed by atoms with Crippen LogP contribution in [0.3, 0.4) is 0 Å². The van der Waals surface area contributed by atoms with Crippen LogP contribution in [0.2, 0.25) is 0 Å². The Morgan fingerprint density at radius 3 is 2.64 bits per heavy atom. The number of rotatable bonds is 0. The van der Waals surface area contributed by atoms with Crippen LogP contribution in [0, 0.1) is 0 Å². The molecule has 3 heteroatoms. The summed E-state index contributed by atoms with van der Waals surface area (Å²) in [5, 5.41) is 12.7. The first-order valence-electron chi connectivity index (χ1n) is 5.84. The minimum absolute atomic E-state index is 0.344. The summed E-state index contributed by atoms with van der Waals surface area (Å²) in [6.45, 7) is 0. The highest BCUT2D eigenvalue weighted by atomic mass is 32.2. The lowest BCUT2D eigenvalue weighted by Gasteiger charge is -2.45. The first-order chi connectivity index (χ1) is 6.78. The number of aliphatic hydroxyl groups is 1. The van der Waals surface area contributed by atoms with Crippen LogP contribution >= 0.6 is 23.5 Å². The van der Waals surface area contributed by atoms with Crippen molar-refractivity contribution in [2.45, 2.75) is 65.6 Å². The van der Waals surface area contributed by atoms with Crippen molar-refractivity contribution in [3.8, 4) is 0 Å². The third-order valence-corrected chi connectivity index (χ3v) is 7.79. The molecule has 1 heterocycles. The van der Waals surface area contributed by atoms with Crippen LogP contribution in [0.1, 0.15) is 44.9 Å². The Labute approximate surface area is 94.4 Å². The lowest BCUT2D eigenvalue weighted by Crippen LogP contribution is -2.44. The van der Waals surface area contributed by atoms with Crippen molar-refractivity contribution in [1.82, 2.24) is 0 Å². The maximum Gasteiger partial charge on any atom is 0.122 e. The Morgan fingerprint density at radius 2 is 1.79 bits per heavy atom. The fourth-order valence-corrected chi connectivity index (χ4v) is 7.05. The number of fused-ring (bicyclic) bond motifs is 2. The fourth-order valence-electron chi connectivity index (χ4n) is 3.06. The minimum atomic E-state index is -0.344. The van der Waals surface area contributed by atoms with E-state index < -0.39 is 0 Å². The zero-order valence-corrected chi connectivity index (χ0v) is 10.1. The molecule has 0 radical (unpaired) electrons. The summed E-state index contributed by atoms with van der Waals surface area (Å²) in [6.07, 6.45) is 9.07. The second-order valence-electron chi connectivity index (χ2n) is 4.84. The van der Waals surface area contributed by atoms with Crippen LogP contribution in [0.4, 0.5) is 0 Å². The van der Waals surface area contributed by atoms with Crippen molar-refractivity contribution in [1.29, 1.82) is 0 Å². The van der Waals surface area contributed by atoms with Gasteiger partial charge in [-0.2, -0.15) is 11.8 Å². The summed E-state index contributed by atoms with van der Waals surface area (Å²) in [5.41, 5.74) is 0. The molecule has 4 unspecified atom stereocenters. The predicted molar refractivity (Wildman–Crippen MR) is 63.8 cm³/mol. The Hall–Kier alpha value is 0.660. The Kier molecular flexibility index (Phi) is 2.53. The van der Waals surface area contributed by atoms with Crippen LogP contribution in [0.5, 0.6) is 0 Å². The standard InChI is InChI=1S/C11H18OS2/c12-11-7-3-6-10(11)13-8-4-1-2-5-9(8)14-11/h8-10,12H,1-7H2. The molecule has 0 aromatic heterocycles. The smallest absolute Gasteiger partial charge is 0.122 e. The first-order valence-corrected chi connectivity index (χ1v) is 7.66. The molecule has 1 nitrogen and oxygen atoms in total. The van der Waals surface area contributed by atoms with Crippen molar-refractivity contribution in [2.24, 2.45) is 0 Å². The van der Waals surface area contributed by atoms with Gasteiger partial charge in [-0.05, 0) is 32.1 Å². The van der Waals surface area contributed by atoms with Crippen LogP contribution < -0.4 is 0 Å². The molecule has 3 aliphatic rings. The van der Waals surface area contributed by atoms with Gasteiger partial charge < -0.3 is 5.11 Å². The Morgan fingerprint density at radius 1 is 1.00 bits per heavy atom. The topological polar surface area (TPSA) is 20.2 Å². The largest absolute Gasteiger partial charge is 0.378 e. The minimum Gasteiger partial charge on any atom is -0.378 e. The van der Waals surface area contributed by atoms with Gasteiger partial charge >= 0.3 is 0 Å². The average molecular weight is 230 g/mol. The summed E-state index contributed by atoms with van der Waals surface area (Å²) in [7, 11) is 0. The van der Waals surface area contributed by atoms with Gasteiger partial charge in [-0.25, -0.2) is 0 Å². The molecular formula is C11H18OS2. The highest BCUT2D eigenvalue weighted by Crippen LogP contribution is 2.57. The van der Waals surface area contributed by atoms with Crippen molar-refractivity contribution < 1.29 is 5.11 Å². The average Bonchev–Trinajstić information content (AvgIpc) is 2.54. The van der Waals surface area contributed by atoms with Gasteiger partial charge in [-0.15, -0.1) is 11.8 Å². The third-order valence-electron chi connectivity index (χ3n) is 3.84. The van der Waals surface area contributed by atoms with E-state index in [1.807, 2.05) is 11.8 Å². The van der Waals surface area contributed by atoms with Crippen molar-refractivity contribution in [2.75, 3.05) is 0 Å². The molecule has 0 amide bonds. The number of thioether (sulfide) groups is 2. The van der Waals surface area contributed by atoms with Gasteiger partial charge in [0.15, 0.2) is 0 Å². The van der Waals surface area contributed by atoms with E-state index in [4.69, 9.17) is 0 Å². The van der Waals surface area contributed by atoms with E-state index in [9.17, 15) is 5.11 Å². The molecule has 3 rings (SSSR count). The fraction of sp³-hybridized carbons (Fsp3) is 1.00. The van der Waals surface area contributed by atoms with Gasteiger partial charge in [0.25, 0.3) is 0 Å². The molecule has 3 fully saturated rings. The maximum atomic E-state index is 10.5. The van der Waals surface area contributed by atoms with Crippen LogP contribution in [-0.2, 0) is 0 Å². The molecule has 14 heavy (non-hydrogen) atoms. The summed E-state index contributed by atoms with van der Waals surface area (Å²) in [6, 6.07) is 0. The highest BCUT2D eigenvalue weighted by Gasteiger charge is 2.50. The van der Waals surface area contributed by atoms with Crippen LogP contribution in [0.25, 0.3) is 0 Å². The predicted octanol–water partition coefficient (Wildman–Crippen LogP) is 3.02. The van der Waals surface area contributed by atoms with Crippen LogP contribution in [0.15, 0.2) is 0 Å². The van der Waals surface area contributed by atoms with Gasteiger partial charge in [0.2, 0.25) is 0 Å². The van der Waals surface area contributed by atoms with Gasteiger partial charge in [-0.1, -0.05) is 12.8 Å². The normalized spacial score (nSPS) is 52.5. The second-order valence-corrected chi connectivity index (χ2v) is 7.84. The molecular weight excluding hydrogens is 212 g/mol. The van der Waals surface area contributed by atoms with Crippen molar-refractivity contribution >= 4 is 23.5 Å². The summed E-state index contributed by atoms with van der Waals surface area (Å²) in [5.74, 6) is 0. The molecule has 2 saturated carbocycles. The molecule has 0 spiro atoms. The monoisotopic (exact) mass is 230 g/mol. The number of hydrogen-bond donors (Lipinski definition) is 1. The summed E-state index contributed by atoms with van der Waals surface area (Å²) in [4.78, 5) is -0.344. The maximum absolute atomic E-state index is 10.5. The molecule has 1 aliphatic heterocycles. The summed E-state index contributed by atoms with van der Waals surface area (Å²) < 4.78 is 0. The zero-order valence-electron chi connectivity index (χ0n) is 8.45. The molecule has 0 aromatic carbocycles. The van der Waals surface area contributed by atoms with Gasteiger partial charge in [0.1, 0.15) is 4.93 Å². The Bertz CT molecular complexity index is 233. The molecule has 0 aromatic rings. The van der Waals surface area contributed by atoms with Crippen LogP contribution in [-0.4, -0.2) is 25.8 Å². The van der Waals surface area contributed by atoms with E-state index in [0.717, 1.165) is 16.9 Å². The second kappa shape index (κ2) is 3.60. The lowest BCUT2D eigenvalue weighted by molar-refractivity contribution is 0.147. The summed E-state index contributed by atoms with van der Waals surface area (Å²) >= 11 is 4.04. The van der Waals surface area contributed by atoms with Gasteiger partial charge in [0.05, 0.1) is 0 Å². The lowest BCUT2D eigenvalue weighted by atomic mass is 9.99. The quantitative estimate of drug-likeness (QED) is 0.691. The molecule has 0 bridgehead atoms. The first kappa shape index (κ1) is 9.86. The van der Waals surface area contributed by atoms with E-state index in [0.29, 0.717) is 5.25 Å². The number of hydrogen-bond acceptors (Lipinski definition) is 3. The molecule has 80 valence electrons. The van der Waals surface area contributed by atoms with E-state index in [1.54, 1.807) is 0 Å². The Balaban J connectivity index is 1.78. The molecule has 2 aliphatic carbocycles. The third kappa shape index (κ3) is 1.52. The highest BCUT2D eigenvalue weighted by molar-refractivity contribution is 8.08. The van der Waals surface area contributed by atoms with E-state index in [2.05, 4.69) is 11.8 Å².